The Balaban J connectivity index is 0.00000300. The number of aromatic nitrogens is 1. The van der Waals surface area contributed by atoms with Crippen LogP contribution in [0.15, 0.2) is 84.0 Å². The van der Waals surface area contributed by atoms with E-state index in [2.05, 4.69) is 44.9 Å². The second-order valence-corrected chi connectivity index (χ2v) is 6.34. The maximum absolute atomic E-state index is 5.83. The van der Waals surface area contributed by atoms with Crippen LogP contribution in [0.3, 0.4) is 0 Å². The second kappa shape index (κ2) is 12.8. The van der Waals surface area contributed by atoms with Crippen LogP contribution in [0.4, 0.5) is 0 Å². The van der Waals surface area contributed by atoms with Crippen LogP contribution in [0, 0.1) is 0 Å². The Kier molecular flexibility index (Phi) is 9.99. The molecule has 1 aromatic heterocycles. The van der Waals surface area contributed by atoms with Gasteiger partial charge in [0.15, 0.2) is 5.96 Å². The first kappa shape index (κ1) is 22.7. The Morgan fingerprint density at radius 3 is 2.34 bits per heavy atom. The molecule has 0 aliphatic rings. The summed E-state index contributed by atoms with van der Waals surface area (Å²) in [5.41, 5.74) is 3.39. The van der Waals surface area contributed by atoms with E-state index >= 15 is 0 Å². The SMILES string of the molecule is CN=C(NCCc1ccccn1)NCc1ccc(OCc2ccccc2)cc1.I. The summed E-state index contributed by atoms with van der Waals surface area (Å²) in [6.07, 6.45) is 2.67. The number of hydrogen-bond donors (Lipinski definition) is 2. The maximum Gasteiger partial charge on any atom is 0.191 e. The van der Waals surface area contributed by atoms with Gasteiger partial charge in [-0.1, -0.05) is 48.5 Å². The third-order valence-electron chi connectivity index (χ3n) is 4.25. The van der Waals surface area contributed by atoms with Gasteiger partial charge in [-0.2, -0.15) is 0 Å². The highest BCUT2D eigenvalue weighted by atomic mass is 127. The number of nitrogens with one attached hydrogen (secondary N) is 2. The zero-order valence-electron chi connectivity index (χ0n) is 16.5. The van der Waals surface area contributed by atoms with Gasteiger partial charge in [-0.25, -0.2) is 0 Å². The molecule has 5 nitrogen and oxygen atoms in total. The standard InChI is InChI=1S/C23H26N4O.HI/c1-24-23(26-16-14-21-9-5-6-15-25-21)27-17-19-10-12-22(13-11-19)28-18-20-7-3-2-4-8-20;/h2-13,15H,14,16-18H2,1H3,(H2,24,26,27);1H. The van der Waals surface area contributed by atoms with Crippen molar-refractivity contribution in [1.29, 1.82) is 0 Å². The summed E-state index contributed by atoms with van der Waals surface area (Å²) in [5, 5.41) is 6.64. The van der Waals surface area contributed by atoms with E-state index < -0.39 is 0 Å². The number of hydrogen-bond acceptors (Lipinski definition) is 3. The lowest BCUT2D eigenvalue weighted by molar-refractivity contribution is 0.306. The van der Waals surface area contributed by atoms with Gasteiger partial charge in [0.25, 0.3) is 0 Å². The molecule has 6 heteroatoms. The maximum atomic E-state index is 5.83. The molecule has 2 N–H and O–H groups in total. The van der Waals surface area contributed by atoms with Gasteiger partial charge in [0.05, 0.1) is 0 Å². The molecule has 0 aliphatic carbocycles. The number of halogens is 1. The van der Waals surface area contributed by atoms with Crippen LogP contribution in [0.2, 0.25) is 0 Å². The number of benzene rings is 2. The molecule has 1 heterocycles. The fourth-order valence-corrected chi connectivity index (χ4v) is 2.71. The summed E-state index contributed by atoms with van der Waals surface area (Å²) in [6, 6.07) is 24.2. The molecule has 3 rings (SSSR count). The molecule has 0 bridgehead atoms. The molecule has 0 fully saturated rings. The van der Waals surface area contributed by atoms with E-state index in [0.717, 1.165) is 35.9 Å². The van der Waals surface area contributed by atoms with Gasteiger partial charge >= 0.3 is 0 Å². The first-order valence-electron chi connectivity index (χ1n) is 9.43. The van der Waals surface area contributed by atoms with Crippen LogP contribution in [-0.4, -0.2) is 24.5 Å². The van der Waals surface area contributed by atoms with Crippen LogP contribution < -0.4 is 15.4 Å². The summed E-state index contributed by atoms with van der Waals surface area (Å²) in [6.45, 7) is 2.05. The van der Waals surface area contributed by atoms with Crippen molar-refractivity contribution >= 4 is 29.9 Å². The minimum Gasteiger partial charge on any atom is -0.489 e. The molecule has 0 saturated heterocycles. The Labute approximate surface area is 189 Å². The number of rotatable bonds is 8. The predicted octanol–water partition coefficient (Wildman–Crippen LogP) is 4.19. The highest BCUT2D eigenvalue weighted by Gasteiger charge is 2.01. The Morgan fingerprint density at radius 1 is 0.897 bits per heavy atom. The molecular formula is C23H27IN4O. The highest BCUT2D eigenvalue weighted by molar-refractivity contribution is 14.0. The molecule has 29 heavy (non-hydrogen) atoms. The number of aliphatic imine (C=N–C) groups is 1. The molecular weight excluding hydrogens is 475 g/mol. The molecule has 0 aliphatic heterocycles. The summed E-state index contributed by atoms with van der Waals surface area (Å²) in [7, 11) is 1.77. The second-order valence-electron chi connectivity index (χ2n) is 6.34. The molecule has 152 valence electrons. The average Bonchev–Trinajstić information content (AvgIpc) is 2.77. The van der Waals surface area contributed by atoms with Gasteiger partial charge in [0.2, 0.25) is 0 Å². The van der Waals surface area contributed by atoms with E-state index in [1.807, 2.05) is 54.7 Å². The normalized spacial score (nSPS) is 10.7. The Morgan fingerprint density at radius 2 is 1.66 bits per heavy atom. The van der Waals surface area contributed by atoms with Crippen LogP contribution >= 0.6 is 24.0 Å². The van der Waals surface area contributed by atoms with E-state index in [0.29, 0.717) is 13.2 Å². The lowest BCUT2D eigenvalue weighted by Gasteiger charge is -2.12. The molecule has 0 spiro atoms. The molecule has 0 amide bonds. The van der Waals surface area contributed by atoms with Crippen LogP contribution in [0.1, 0.15) is 16.8 Å². The smallest absolute Gasteiger partial charge is 0.191 e. The summed E-state index contributed by atoms with van der Waals surface area (Å²) < 4.78 is 5.83. The van der Waals surface area contributed by atoms with E-state index in [4.69, 9.17) is 4.74 Å². The molecule has 0 saturated carbocycles. The van der Waals surface area contributed by atoms with Crippen LogP contribution in [0.5, 0.6) is 5.75 Å². The molecule has 0 atom stereocenters. The van der Waals surface area contributed by atoms with Gasteiger partial charge in [0.1, 0.15) is 12.4 Å². The van der Waals surface area contributed by atoms with Crippen molar-refractivity contribution in [2.75, 3.05) is 13.6 Å². The van der Waals surface area contributed by atoms with Crippen molar-refractivity contribution < 1.29 is 4.74 Å². The van der Waals surface area contributed by atoms with Gasteiger partial charge in [-0.05, 0) is 35.4 Å². The first-order chi connectivity index (χ1) is 13.8. The van der Waals surface area contributed by atoms with E-state index in [9.17, 15) is 0 Å². The van der Waals surface area contributed by atoms with Crippen LogP contribution in [-0.2, 0) is 19.6 Å². The molecule has 3 aromatic rings. The predicted molar refractivity (Wildman–Crippen MR) is 129 cm³/mol. The number of nitrogens with zero attached hydrogens (tertiary/aromatic N) is 2. The van der Waals surface area contributed by atoms with Gasteiger partial charge < -0.3 is 15.4 Å². The van der Waals surface area contributed by atoms with Crippen molar-refractivity contribution in [3.63, 3.8) is 0 Å². The minimum absolute atomic E-state index is 0. The lowest BCUT2D eigenvalue weighted by Crippen LogP contribution is -2.37. The van der Waals surface area contributed by atoms with Gasteiger partial charge in [-0.3, -0.25) is 9.98 Å². The lowest BCUT2D eigenvalue weighted by atomic mass is 10.2. The van der Waals surface area contributed by atoms with Crippen molar-refractivity contribution in [3.05, 3.63) is 95.8 Å². The molecule has 2 aromatic carbocycles. The first-order valence-corrected chi connectivity index (χ1v) is 9.43. The van der Waals surface area contributed by atoms with Crippen molar-refractivity contribution in [1.82, 2.24) is 15.6 Å². The van der Waals surface area contributed by atoms with E-state index in [1.54, 1.807) is 7.05 Å². The zero-order valence-corrected chi connectivity index (χ0v) is 18.9. The zero-order chi connectivity index (χ0) is 19.4. The Hall–Kier alpha value is -2.61. The topological polar surface area (TPSA) is 58.5 Å². The van der Waals surface area contributed by atoms with Gasteiger partial charge in [-0.15, -0.1) is 24.0 Å². The number of pyridine rings is 1. The third-order valence-corrected chi connectivity index (χ3v) is 4.25. The fraction of sp³-hybridized carbons (Fsp3) is 0.217. The Bertz CT molecular complexity index is 855. The highest BCUT2D eigenvalue weighted by Crippen LogP contribution is 2.14. The number of ether oxygens (including phenoxy) is 1. The average molecular weight is 502 g/mol. The van der Waals surface area contributed by atoms with E-state index in [1.165, 1.54) is 5.56 Å². The third kappa shape index (κ3) is 8.11. The quantitative estimate of drug-likeness (QED) is 0.276. The van der Waals surface area contributed by atoms with Crippen molar-refractivity contribution in [3.8, 4) is 5.75 Å². The minimum atomic E-state index is 0. The molecule has 0 unspecified atom stereocenters. The van der Waals surface area contributed by atoms with Crippen molar-refractivity contribution in [2.24, 2.45) is 4.99 Å². The summed E-state index contributed by atoms with van der Waals surface area (Å²) in [4.78, 5) is 8.59. The summed E-state index contributed by atoms with van der Waals surface area (Å²) in [5.74, 6) is 1.64. The fourth-order valence-electron chi connectivity index (χ4n) is 2.71. The van der Waals surface area contributed by atoms with Crippen molar-refractivity contribution in [2.45, 2.75) is 19.6 Å². The summed E-state index contributed by atoms with van der Waals surface area (Å²) >= 11 is 0. The monoisotopic (exact) mass is 502 g/mol. The largest absolute Gasteiger partial charge is 0.489 e. The van der Waals surface area contributed by atoms with E-state index in [-0.39, 0.29) is 24.0 Å². The van der Waals surface area contributed by atoms with Gasteiger partial charge in [0, 0.05) is 38.4 Å². The van der Waals surface area contributed by atoms with Crippen LogP contribution in [0.25, 0.3) is 0 Å². The molecule has 0 radical (unpaired) electrons. The number of guanidine groups is 1.